The highest BCUT2D eigenvalue weighted by Gasteiger charge is 2.27. The number of hydrogen-bond acceptors (Lipinski definition) is 5. The molecule has 7 nitrogen and oxygen atoms in total. The van der Waals surface area contributed by atoms with Crippen molar-refractivity contribution in [2.75, 3.05) is 0 Å². The van der Waals surface area contributed by atoms with Gasteiger partial charge >= 0.3 is 0 Å². The lowest BCUT2D eigenvalue weighted by Crippen LogP contribution is -2.27. The molecule has 1 unspecified atom stereocenters. The second-order valence-electron chi connectivity index (χ2n) is 7.97. The first-order valence-electron chi connectivity index (χ1n) is 8.96. The Morgan fingerprint density at radius 3 is 2.50 bits per heavy atom. The van der Waals surface area contributed by atoms with Crippen molar-refractivity contribution >= 4 is 28.0 Å². The van der Waals surface area contributed by atoms with Gasteiger partial charge in [-0.05, 0) is 52.3 Å². The summed E-state index contributed by atoms with van der Waals surface area (Å²) in [5.41, 5.74) is 3.23. The number of hydrogen-bond donors (Lipinski definition) is 0. The van der Waals surface area contributed by atoms with Gasteiger partial charge < -0.3 is 9.12 Å². The molecule has 148 valence electrons. The van der Waals surface area contributed by atoms with Crippen LogP contribution in [0.4, 0.5) is 0 Å². The Hall–Kier alpha value is -2.45. The van der Waals surface area contributed by atoms with Gasteiger partial charge in [-0.25, -0.2) is 9.97 Å². The fraction of sp³-hybridized carbons (Fsp3) is 0.400. The average Bonchev–Trinajstić information content (AvgIpc) is 3.03. The number of rotatable bonds is 3. The molecule has 0 saturated heterocycles. The molecular weight excluding hydrogens is 374 g/mol. The largest absolute Gasteiger partial charge is 0.591 e. The summed E-state index contributed by atoms with van der Waals surface area (Å²) in [7, 11) is 3.56. The Kier molecular flexibility index (Phi) is 5.20. The summed E-state index contributed by atoms with van der Waals surface area (Å²) in [4.78, 5) is 22.1. The van der Waals surface area contributed by atoms with E-state index in [1.54, 1.807) is 24.9 Å². The molecule has 1 aromatic carbocycles. The molecule has 0 saturated carbocycles. The summed E-state index contributed by atoms with van der Waals surface area (Å²) < 4.78 is 19.7. The van der Waals surface area contributed by atoms with Gasteiger partial charge in [0.25, 0.3) is 5.56 Å². The monoisotopic (exact) mass is 399 g/mol. The van der Waals surface area contributed by atoms with Crippen LogP contribution < -0.4 is 5.56 Å². The maximum absolute atomic E-state index is 13.0. The van der Waals surface area contributed by atoms with Crippen LogP contribution in [0.1, 0.15) is 38.8 Å². The van der Waals surface area contributed by atoms with Crippen LogP contribution in [0.15, 0.2) is 33.8 Å². The second kappa shape index (κ2) is 7.18. The minimum absolute atomic E-state index is 0.152. The van der Waals surface area contributed by atoms with E-state index in [0.717, 1.165) is 5.56 Å². The van der Waals surface area contributed by atoms with E-state index in [4.69, 9.17) is 4.98 Å². The van der Waals surface area contributed by atoms with Gasteiger partial charge in [0.05, 0.1) is 22.9 Å². The smallest absolute Gasteiger partial charge is 0.261 e. The summed E-state index contributed by atoms with van der Waals surface area (Å²) in [5, 5.41) is 0.508. The SMILES string of the molecule is CC(=N[S+]([O-])C(C)(C)C)c1cc(C)cc2c(=O)n(C)c(-c3cn(C)cn3)nc12. The van der Waals surface area contributed by atoms with Crippen molar-refractivity contribution in [1.29, 1.82) is 0 Å². The Balaban J connectivity index is 2.31. The van der Waals surface area contributed by atoms with Crippen molar-refractivity contribution < 1.29 is 4.55 Å². The highest BCUT2D eigenvalue weighted by Crippen LogP contribution is 2.24. The van der Waals surface area contributed by atoms with Crippen LogP contribution in [0.3, 0.4) is 0 Å². The summed E-state index contributed by atoms with van der Waals surface area (Å²) in [6.07, 6.45) is 3.48. The van der Waals surface area contributed by atoms with Crippen molar-refractivity contribution in [1.82, 2.24) is 19.1 Å². The molecule has 3 rings (SSSR count). The fourth-order valence-corrected chi connectivity index (χ4v) is 3.48. The average molecular weight is 400 g/mol. The normalized spacial score (nSPS) is 13.9. The lowest BCUT2D eigenvalue weighted by molar-refractivity contribution is 0.561. The van der Waals surface area contributed by atoms with Crippen LogP contribution in [0, 0.1) is 6.92 Å². The molecule has 28 heavy (non-hydrogen) atoms. The lowest BCUT2D eigenvalue weighted by Gasteiger charge is -2.19. The van der Waals surface area contributed by atoms with Crippen molar-refractivity contribution in [3.8, 4) is 11.5 Å². The zero-order valence-corrected chi connectivity index (χ0v) is 18.1. The summed E-state index contributed by atoms with van der Waals surface area (Å²) in [5.74, 6) is 0.480. The maximum Gasteiger partial charge on any atom is 0.261 e. The molecule has 2 heterocycles. The van der Waals surface area contributed by atoms with Crippen molar-refractivity contribution in [2.45, 2.75) is 39.4 Å². The van der Waals surface area contributed by atoms with Crippen molar-refractivity contribution in [3.63, 3.8) is 0 Å². The van der Waals surface area contributed by atoms with Crippen LogP contribution in [0.2, 0.25) is 0 Å². The zero-order valence-electron chi connectivity index (χ0n) is 17.3. The van der Waals surface area contributed by atoms with E-state index >= 15 is 0 Å². The number of aryl methyl sites for hydroxylation is 2. The molecular formula is C20H25N5O2S. The van der Waals surface area contributed by atoms with Gasteiger partial charge in [0.15, 0.2) is 5.82 Å². The predicted octanol–water partition coefficient (Wildman–Crippen LogP) is 2.91. The van der Waals surface area contributed by atoms with Gasteiger partial charge in [0.1, 0.15) is 21.8 Å². The van der Waals surface area contributed by atoms with E-state index in [1.807, 2.05) is 53.1 Å². The van der Waals surface area contributed by atoms with Crippen LogP contribution >= 0.6 is 0 Å². The van der Waals surface area contributed by atoms with E-state index in [0.29, 0.717) is 33.7 Å². The quantitative estimate of drug-likeness (QED) is 0.500. The Morgan fingerprint density at radius 2 is 1.93 bits per heavy atom. The van der Waals surface area contributed by atoms with Gasteiger partial charge in [0, 0.05) is 25.9 Å². The molecule has 0 aliphatic rings. The molecule has 0 aliphatic heterocycles. The number of benzene rings is 1. The van der Waals surface area contributed by atoms with Crippen molar-refractivity contribution in [2.24, 2.45) is 18.5 Å². The summed E-state index contributed by atoms with van der Waals surface area (Å²) in [6.45, 7) is 9.35. The highest BCUT2D eigenvalue weighted by atomic mass is 32.2. The molecule has 0 fully saturated rings. The second-order valence-corrected chi connectivity index (χ2v) is 9.88. The molecule has 0 amide bonds. The van der Waals surface area contributed by atoms with Gasteiger partial charge in [-0.1, -0.05) is 4.40 Å². The molecule has 0 radical (unpaired) electrons. The van der Waals surface area contributed by atoms with E-state index < -0.39 is 16.1 Å². The Labute approximate surface area is 167 Å². The maximum atomic E-state index is 13.0. The first kappa shape index (κ1) is 20.3. The minimum atomic E-state index is -1.40. The van der Waals surface area contributed by atoms with Gasteiger partial charge in [0.2, 0.25) is 0 Å². The van der Waals surface area contributed by atoms with Crippen molar-refractivity contribution in [3.05, 3.63) is 46.1 Å². The molecule has 1 atom stereocenters. The molecule has 0 aliphatic carbocycles. The standard InChI is InChI=1S/C20H25N5O2S/c1-12-8-14(13(2)23-28(27)20(3,4)5)17-15(9-12)19(26)25(7)18(22-17)16-10-24(6)11-21-16/h8-11H,1-7H3. The molecule has 0 N–H and O–H groups in total. The zero-order chi connectivity index (χ0) is 20.8. The molecule has 0 spiro atoms. The number of imidazole rings is 1. The third-order valence-electron chi connectivity index (χ3n) is 4.39. The fourth-order valence-electron chi connectivity index (χ4n) is 2.86. The minimum Gasteiger partial charge on any atom is -0.591 e. The van der Waals surface area contributed by atoms with E-state index in [-0.39, 0.29) is 5.56 Å². The first-order chi connectivity index (χ1) is 13.0. The predicted molar refractivity (Wildman–Crippen MR) is 114 cm³/mol. The van der Waals surface area contributed by atoms with E-state index in [9.17, 15) is 9.35 Å². The molecule has 2 aromatic heterocycles. The van der Waals surface area contributed by atoms with E-state index in [1.165, 1.54) is 4.57 Å². The number of aromatic nitrogens is 4. The summed E-state index contributed by atoms with van der Waals surface area (Å²) >= 11 is -1.40. The van der Waals surface area contributed by atoms with Crippen LogP contribution in [-0.2, 0) is 25.5 Å². The van der Waals surface area contributed by atoms with E-state index in [2.05, 4.69) is 9.38 Å². The number of fused-ring (bicyclic) bond motifs is 1. The van der Waals surface area contributed by atoms with Gasteiger partial charge in [-0.3, -0.25) is 9.36 Å². The molecule has 0 bridgehead atoms. The lowest BCUT2D eigenvalue weighted by atomic mass is 10.0. The van der Waals surface area contributed by atoms with Gasteiger partial charge in [-0.15, -0.1) is 0 Å². The van der Waals surface area contributed by atoms with Crippen LogP contribution in [-0.4, -0.2) is 34.1 Å². The highest BCUT2D eigenvalue weighted by molar-refractivity contribution is 7.91. The van der Waals surface area contributed by atoms with Gasteiger partial charge in [-0.2, -0.15) is 0 Å². The Bertz CT molecular complexity index is 1140. The Morgan fingerprint density at radius 1 is 1.25 bits per heavy atom. The third-order valence-corrected chi connectivity index (χ3v) is 5.88. The molecule has 3 aromatic rings. The topological polar surface area (TPSA) is 88.1 Å². The molecule has 8 heteroatoms. The third kappa shape index (κ3) is 3.74. The summed E-state index contributed by atoms with van der Waals surface area (Å²) in [6, 6.07) is 3.75. The van der Waals surface area contributed by atoms with Crippen LogP contribution in [0.25, 0.3) is 22.4 Å². The first-order valence-corrected chi connectivity index (χ1v) is 10.1. The number of nitrogens with zero attached hydrogens (tertiary/aromatic N) is 5. The van der Waals surface area contributed by atoms with Crippen LogP contribution in [0.5, 0.6) is 0 Å².